The number of sulfonamides is 1. The molecule has 1 aliphatic heterocycles. The normalized spacial score (nSPS) is 14.4. The van der Waals surface area contributed by atoms with Crippen molar-refractivity contribution in [3.05, 3.63) is 53.3 Å². The average Bonchev–Trinajstić information content (AvgIpc) is 3.18. The Labute approximate surface area is 171 Å². The third-order valence-corrected chi connectivity index (χ3v) is 6.99. The van der Waals surface area contributed by atoms with E-state index in [2.05, 4.69) is 10.2 Å². The zero-order chi connectivity index (χ0) is 21.2. The third kappa shape index (κ3) is 4.94. The molecule has 0 spiro atoms. The summed E-state index contributed by atoms with van der Waals surface area (Å²) in [6.07, 6.45) is 2.11. The molecule has 2 aromatic carbocycles. The van der Waals surface area contributed by atoms with Crippen LogP contribution in [0.25, 0.3) is 0 Å². The van der Waals surface area contributed by atoms with Gasteiger partial charge in [-0.25, -0.2) is 12.8 Å². The van der Waals surface area contributed by atoms with Crippen molar-refractivity contribution in [3.8, 4) is 0 Å². The molecule has 0 aromatic heterocycles. The highest BCUT2D eigenvalue weighted by atomic mass is 32.2. The second kappa shape index (κ2) is 8.51. The van der Waals surface area contributed by atoms with Gasteiger partial charge in [0.1, 0.15) is 5.82 Å². The largest absolute Gasteiger partial charge is 0.371 e. The van der Waals surface area contributed by atoms with Gasteiger partial charge in [0, 0.05) is 31.5 Å². The highest BCUT2D eigenvalue weighted by Gasteiger charge is 2.23. The molecular weight excluding hydrogens is 393 g/mol. The predicted octanol–water partition coefficient (Wildman–Crippen LogP) is 3.30. The molecule has 3 rings (SSSR count). The summed E-state index contributed by atoms with van der Waals surface area (Å²) in [5.74, 6) is -0.973. The first kappa shape index (κ1) is 21.3. The van der Waals surface area contributed by atoms with Crippen LogP contribution in [0.1, 0.15) is 24.0 Å². The Morgan fingerprint density at radius 2 is 1.79 bits per heavy atom. The van der Waals surface area contributed by atoms with Crippen molar-refractivity contribution in [1.29, 1.82) is 0 Å². The summed E-state index contributed by atoms with van der Waals surface area (Å²) in [6.45, 7) is 5.08. The molecule has 8 heteroatoms. The SMILES string of the molecule is Cc1ccc(S(=O)(=O)N(C)CC(=O)Nc2cc(F)cc(N3CCCC3)c2)cc1C. The quantitative estimate of drug-likeness (QED) is 0.780. The number of anilines is 2. The van der Waals surface area contributed by atoms with Gasteiger partial charge >= 0.3 is 0 Å². The highest BCUT2D eigenvalue weighted by Crippen LogP contribution is 2.25. The molecule has 1 fully saturated rings. The standard InChI is InChI=1S/C21H26FN3O3S/c1-15-6-7-20(10-16(15)2)29(27,28)24(3)14-21(26)23-18-11-17(22)12-19(13-18)25-8-4-5-9-25/h6-7,10-13H,4-5,8-9,14H2,1-3H3,(H,23,26). The van der Waals surface area contributed by atoms with Crippen molar-refractivity contribution in [1.82, 2.24) is 4.31 Å². The Bertz CT molecular complexity index is 1020. The number of likely N-dealkylation sites (N-methyl/N-ethyl adjacent to an activating group) is 1. The van der Waals surface area contributed by atoms with Crippen molar-refractivity contribution < 1.29 is 17.6 Å². The van der Waals surface area contributed by atoms with Crippen LogP contribution in [0.2, 0.25) is 0 Å². The van der Waals surface area contributed by atoms with E-state index >= 15 is 0 Å². The summed E-state index contributed by atoms with van der Waals surface area (Å²) < 4.78 is 40.5. The second-order valence-electron chi connectivity index (χ2n) is 7.45. The Kier molecular flexibility index (Phi) is 6.24. The molecule has 1 amide bonds. The molecule has 1 N–H and O–H groups in total. The molecule has 0 atom stereocenters. The van der Waals surface area contributed by atoms with Gasteiger partial charge in [-0.15, -0.1) is 0 Å². The minimum absolute atomic E-state index is 0.137. The fourth-order valence-corrected chi connectivity index (χ4v) is 4.56. The number of amides is 1. The van der Waals surface area contributed by atoms with Crippen molar-refractivity contribution in [2.24, 2.45) is 0 Å². The van der Waals surface area contributed by atoms with Crippen LogP contribution in [0.15, 0.2) is 41.3 Å². The number of nitrogens with one attached hydrogen (secondary N) is 1. The smallest absolute Gasteiger partial charge is 0.243 e. The lowest BCUT2D eigenvalue weighted by atomic mass is 10.1. The second-order valence-corrected chi connectivity index (χ2v) is 9.49. The first-order chi connectivity index (χ1) is 13.7. The molecule has 1 heterocycles. The van der Waals surface area contributed by atoms with Crippen LogP contribution in [0, 0.1) is 19.7 Å². The molecule has 0 aliphatic carbocycles. The maximum absolute atomic E-state index is 14.0. The number of hydrogen-bond donors (Lipinski definition) is 1. The van der Waals surface area contributed by atoms with Gasteiger partial charge in [-0.2, -0.15) is 4.31 Å². The van der Waals surface area contributed by atoms with E-state index in [0.717, 1.165) is 41.4 Å². The van der Waals surface area contributed by atoms with Gasteiger partial charge in [-0.1, -0.05) is 6.07 Å². The summed E-state index contributed by atoms with van der Waals surface area (Å²) in [4.78, 5) is 14.6. The van der Waals surface area contributed by atoms with Crippen LogP contribution < -0.4 is 10.2 Å². The van der Waals surface area contributed by atoms with Gasteiger partial charge < -0.3 is 10.2 Å². The molecule has 0 bridgehead atoms. The number of nitrogens with zero attached hydrogens (tertiary/aromatic N) is 2. The molecule has 6 nitrogen and oxygen atoms in total. The van der Waals surface area contributed by atoms with Gasteiger partial charge in [0.25, 0.3) is 0 Å². The van der Waals surface area contributed by atoms with Crippen LogP contribution in [-0.4, -0.2) is 45.3 Å². The van der Waals surface area contributed by atoms with Crippen LogP contribution >= 0.6 is 0 Å². The lowest BCUT2D eigenvalue weighted by molar-refractivity contribution is -0.116. The molecule has 0 saturated carbocycles. The summed E-state index contributed by atoms with van der Waals surface area (Å²) >= 11 is 0. The minimum atomic E-state index is -3.80. The van der Waals surface area contributed by atoms with E-state index in [1.807, 2.05) is 13.8 Å². The number of halogens is 1. The van der Waals surface area contributed by atoms with Crippen molar-refractivity contribution >= 4 is 27.3 Å². The Morgan fingerprint density at radius 3 is 2.45 bits per heavy atom. The first-order valence-electron chi connectivity index (χ1n) is 9.56. The van der Waals surface area contributed by atoms with E-state index in [0.29, 0.717) is 11.4 Å². The zero-order valence-corrected chi connectivity index (χ0v) is 17.7. The fourth-order valence-electron chi connectivity index (χ4n) is 3.35. The minimum Gasteiger partial charge on any atom is -0.371 e. The number of carbonyl (C=O) groups excluding carboxylic acids is 1. The molecule has 1 saturated heterocycles. The average molecular weight is 420 g/mol. The Hall–Kier alpha value is -2.45. The maximum atomic E-state index is 14.0. The van der Waals surface area contributed by atoms with Crippen molar-refractivity contribution in [2.75, 3.05) is 36.9 Å². The highest BCUT2D eigenvalue weighted by molar-refractivity contribution is 7.89. The molecule has 29 heavy (non-hydrogen) atoms. The number of aryl methyl sites for hydroxylation is 2. The third-order valence-electron chi connectivity index (χ3n) is 5.19. The van der Waals surface area contributed by atoms with Crippen LogP contribution in [0.3, 0.4) is 0 Å². The molecule has 0 radical (unpaired) electrons. The monoisotopic (exact) mass is 419 g/mol. The van der Waals surface area contributed by atoms with Crippen LogP contribution in [-0.2, 0) is 14.8 Å². The van der Waals surface area contributed by atoms with Gasteiger partial charge in [0.2, 0.25) is 15.9 Å². The number of carbonyl (C=O) groups is 1. The van der Waals surface area contributed by atoms with E-state index < -0.39 is 21.7 Å². The molecule has 1 aliphatic rings. The topological polar surface area (TPSA) is 69.7 Å². The van der Waals surface area contributed by atoms with Crippen molar-refractivity contribution in [3.63, 3.8) is 0 Å². The molecular formula is C21H26FN3O3S. The van der Waals surface area contributed by atoms with E-state index in [-0.39, 0.29) is 11.4 Å². The van der Waals surface area contributed by atoms with Gasteiger partial charge in [0.15, 0.2) is 0 Å². The van der Waals surface area contributed by atoms with Crippen LogP contribution in [0.4, 0.5) is 15.8 Å². The maximum Gasteiger partial charge on any atom is 0.243 e. The van der Waals surface area contributed by atoms with Crippen LogP contribution in [0.5, 0.6) is 0 Å². The first-order valence-corrected chi connectivity index (χ1v) is 11.0. The van der Waals surface area contributed by atoms with Crippen molar-refractivity contribution in [2.45, 2.75) is 31.6 Å². The molecule has 2 aromatic rings. The summed E-state index contributed by atoms with van der Waals surface area (Å²) in [5.41, 5.74) is 2.88. The summed E-state index contributed by atoms with van der Waals surface area (Å²) in [5, 5.41) is 2.61. The Morgan fingerprint density at radius 1 is 1.10 bits per heavy atom. The van der Waals surface area contributed by atoms with E-state index in [1.165, 1.54) is 25.2 Å². The molecule has 156 valence electrons. The summed E-state index contributed by atoms with van der Waals surface area (Å²) in [7, 11) is -2.45. The van der Waals surface area contributed by atoms with E-state index in [1.54, 1.807) is 18.2 Å². The summed E-state index contributed by atoms with van der Waals surface area (Å²) in [6, 6.07) is 9.24. The zero-order valence-electron chi connectivity index (χ0n) is 16.9. The molecule has 0 unspecified atom stereocenters. The van der Waals surface area contributed by atoms with E-state index in [9.17, 15) is 17.6 Å². The number of hydrogen-bond acceptors (Lipinski definition) is 4. The van der Waals surface area contributed by atoms with Gasteiger partial charge in [-0.3, -0.25) is 4.79 Å². The van der Waals surface area contributed by atoms with Gasteiger partial charge in [-0.05, 0) is 68.1 Å². The lowest BCUT2D eigenvalue weighted by Gasteiger charge is -2.20. The lowest BCUT2D eigenvalue weighted by Crippen LogP contribution is -2.35. The Balaban J connectivity index is 1.70. The van der Waals surface area contributed by atoms with E-state index in [4.69, 9.17) is 0 Å². The number of benzene rings is 2. The number of rotatable bonds is 6. The predicted molar refractivity (Wildman–Crippen MR) is 112 cm³/mol. The van der Waals surface area contributed by atoms with Gasteiger partial charge in [0.05, 0.1) is 11.4 Å². The fraction of sp³-hybridized carbons (Fsp3) is 0.381.